The fraction of sp³-hybridized carbons (Fsp3) is 0.545. The summed E-state index contributed by atoms with van der Waals surface area (Å²) in [6, 6.07) is 1.30. The van der Waals surface area contributed by atoms with Crippen LogP contribution in [-0.4, -0.2) is 51.1 Å². The molecule has 0 aromatic carbocycles. The van der Waals surface area contributed by atoms with Crippen LogP contribution in [0.15, 0.2) is 10.6 Å². The molecule has 0 saturated carbocycles. The standard InChI is InChI=1S/C11H14N2O4S/c1-7-4-9(12-17-7)11(16)13-2-3-18-6-8(13)5-10(14)15/h4,8H,2-3,5-6H2,1H3,(H,14,15). The second-order valence-corrected chi connectivity index (χ2v) is 5.30. The zero-order chi connectivity index (χ0) is 13.1. The van der Waals surface area contributed by atoms with Gasteiger partial charge in [-0.3, -0.25) is 9.59 Å². The molecule has 1 aromatic heterocycles. The SMILES string of the molecule is Cc1cc(C(=O)N2CCSCC2CC(=O)O)no1. The zero-order valence-electron chi connectivity index (χ0n) is 9.96. The first-order valence-corrected chi connectivity index (χ1v) is 6.77. The molecule has 0 spiro atoms. The average Bonchev–Trinajstić information content (AvgIpc) is 2.75. The van der Waals surface area contributed by atoms with E-state index in [2.05, 4.69) is 5.16 Å². The lowest BCUT2D eigenvalue weighted by atomic mass is 10.2. The molecule has 6 nitrogen and oxygen atoms in total. The second-order valence-electron chi connectivity index (χ2n) is 4.15. The van der Waals surface area contributed by atoms with E-state index in [1.54, 1.807) is 29.7 Å². The number of aromatic nitrogens is 1. The Morgan fingerprint density at radius 2 is 2.44 bits per heavy atom. The van der Waals surface area contributed by atoms with Gasteiger partial charge in [-0.15, -0.1) is 0 Å². The highest BCUT2D eigenvalue weighted by Gasteiger charge is 2.30. The van der Waals surface area contributed by atoms with Crippen LogP contribution in [0.1, 0.15) is 22.7 Å². The molecule has 2 rings (SSSR count). The van der Waals surface area contributed by atoms with Crippen molar-refractivity contribution in [2.45, 2.75) is 19.4 Å². The molecule has 1 N–H and O–H groups in total. The van der Waals surface area contributed by atoms with Crippen molar-refractivity contribution in [2.24, 2.45) is 0 Å². The van der Waals surface area contributed by atoms with Crippen molar-refractivity contribution in [3.05, 3.63) is 17.5 Å². The number of hydrogen-bond donors (Lipinski definition) is 1. The quantitative estimate of drug-likeness (QED) is 0.882. The molecule has 0 radical (unpaired) electrons. The summed E-state index contributed by atoms with van der Waals surface area (Å²) in [6.45, 7) is 2.26. The van der Waals surface area contributed by atoms with E-state index < -0.39 is 5.97 Å². The fourth-order valence-corrected chi connectivity index (χ4v) is 2.97. The summed E-state index contributed by atoms with van der Waals surface area (Å²) in [5.41, 5.74) is 0.245. The lowest BCUT2D eigenvalue weighted by Gasteiger charge is -2.33. The first kappa shape index (κ1) is 12.9. The van der Waals surface area contributed by atoms with Crippen molar-refractivity contribution >= 4 is 23.6 Å². The van der Waals surface area contributed by atoms with E-state index in [0.29, 0.717) is 18.1 Å². The molecule has 1 aliphatic rings. The Bertz CT molecular complexity index is 460. The number of carbonyl (C=O) groups is 2. The predicted molar refractivity (Wildman–Crippen MR) is 65.6 cm³/mol. The number of aryl methyl sites for hydroxylation is 1. The summed E-state index contributed by atoms with van der Waals surface area (Å²) in [6.07, 6.45) is -0.0322. The molecule has 18 heavy (non-hydrogen) atoms. The molecule has 1 aliphatic heterocycles. The van der Waals surface area contributed by atoms with Crippen LogP contribution >= 0.6 is 11.8 Å². The topological polar surface area (TPSA) is 83.6 Å². The van der Waals surface area contributed by atoms with Crippen LogP contribution in [0.25, 0.3) is 0 Å². The molecule has 1 unspecified atom stereocenters. The smallest absolute Gasteiger partial charge is 0.305 e. The van der Waals surface area contributed by atoms with E-state index in [0.717, 1.165) is 5.75 Å². The number of hydrogen-bond acceptors (Lipinski definition) is 5. The van der Waals surface area contributed by atoms with Gasteiger partial charge in [0.25, 0.3) is 5.91 Å². The van der Waals surface area contributed by atoms with E-state index in [1.807, 2.05) is 0 Å². The molecular weight excluding hydrogens is 256 g/mol. The summed E-state index contributed by atoms with van der Waals surface area (Å²) in [5, 5.41) is 12.5. The van der Waals surface area contributed by atoms with Crippen LogP contribution in [0.4, 0.5) is 0 Å². The molecule has 2 heterocycles. The number of nitrogens with zero attached hydrogens (tertiary/aromatic N) is 2. The normalized spacial score (nSPS) is 19.8. The van der Waals surface area contributed by atoms with Crippen molar-refractivity contribution in [3.8, 4) is 0 Å². The van der Waals surface area contributed by atoms with Crippen molar-refractivity contribution in [2.75, 3.05) is 18.1 Å². The van der Waals surface area contributed by atoms with Gasteiger partial charge in [0.1, 0.15) is 5.76 Å². The number of aliphatic carboxylic acids is 1. The third-order valence-electron chi connectivity index (χ3n) is 2.75. The van der Waals surface area contributed by atoms with E-state index in [9.17, 15) is 9.59 Å². The lowest BCUT2D eigenvalue weighted by molar-refractivity contribution is -0.138. The van der Waals surface area contributed by atoms with Crippen LogP contribution in [0.5, 0.6) is 0 Å². The maximum absolute atomic E-state index is 12.2. The van der Waals surface area contributed by atoms with E-state index in [-0.39, 0.29) is 24.1 Å². The number of carboxylic acid groups (broad SMARTS) is 1. The van der Waals surface area contributed by atoms with Crippen molar-refractivity contribution in [3.63, 3.8) is 0 Å². The van der Waals surface area contributed by atoms with E-state index in [4.69, 9.17) is 9.63 Å². The van der Waals surface area contributed by atoms with Gasteiger partial charge in [0.05, 0.1) is 12.5 Å². The van der Waals surface area contributed by atoms with Gasteiger partial charge in [0.15, 0.2) is 5.69 Å². The minimum Gasteiger partial charge on any atom is -0.481 e. The van der Waals surface area contributed by atoms with Gasteiger partial charge >= 0.3 is 5.97 Å². The highest BCUT2D eigenvalue weighted by molar-refractivity contribution is 7.99. The monoisotopic (exact) mass is 270 g/mol. The summed E-state index contributed by atoms with van der Waals surface area (Å²) in [4.78, 5) is 24.6. The Morgan fingerprint density at radius 1 is 1.67 bits per heavy atom. The molecule has 1 amide bonds. The molecule has 1 aromatic rings. The Kier molecular flexibility index (Phi) is 3.90. The highest BCUT2D eigenvalue weighted by atomic mass is 32.2. The summed E-state index contributed by atoms with van der Waals surface area (Å²) in [7, 11) is 0. The molecule has 1 fully saturated rings. The Morgan fingerprint density at radius 3 is 3.06 bits per heavy atom. The van der Waals surface area contributed by atoms with Gasteiger partial charge in [0.2, 0.25) is 0 Å². The fourth-order valence-electron chi connectivity index (χ4n) is 1.91. The third kappa shape index (κ3) is 2.84. The summed E-state index contributed by atoms with van der Waals surface area (Å²) in [5.74, 6) is 0.891. The molecule has 98 valence electrons. The first-order valence-electron chi connectivity index (χ1n) is 5.61. The number of thioether (sulfide) groups is 1. The van der Waals surface area contributed by atoms with Crippen LogP contribution in [0.3, 0.4) is 0 Å². The summed E-state index contributed by atoms with van der Waals surface area (Å²) >= 11 is 1.67. The maximum Gasteiger partial charge on any atom is 0.305 e. The van der Waals surface area contributed by atoms with Crippen LogP contribution in [0.2, 0.25) is 0 Å². The van der Waals surface area contributed by atoms with Crippen molar-refractivity contribution in [1.82, 2.24) is 10.1 Å². The van der Waals surface area contributed by atoms with Gasteiger partial charge in [-0.25, -0.2) is 0 Å². The Labute approximate surface area is 108 Å². The van der Waals surface area contributed by atoms with E-state index in [1.165, 1.54) is 0 Å². The second kappa shape index (κ2) is 5.43. The van der Waals surface area contributed by atoms with Crippen molar-refractivity contribution < 1.29 is 19.2 Å². The molecule has 0 bridgehead atoms. The molecule has 1 atom stereocenters. The van der Waals surface area contributed by atoms with Crippen LogP contribution < -0.4 is 0 Å². The number of rotatable bonds is 3. The van der Waals surface area contributed by atoms with Gasteiger partial charge in [-0.1, -0.05) is 5.16 Å². The zero-order valence-corrected chi connectivity index (χ0v) is 10.8. The van der Waals surface area contributed by atoms with Gasteiger partial charge in [-0.05, 0) is 6.92 Å². The van der Waals surface area contributed by atoms with Crippen LogP contribution in [-0.2, 0) is 4.79 Å². The van der Waals surface area contributed by atoms with Crippen molar-refractivity contribution in [1.29, 1.82) is 0 Å². The van der Waals surface area contributed by atoms with Gasteiger partial charge in [0, 0.05) is 24.1 Å². The van der Waals surface area contributed by atoms with Gasteiger partial charge in [-0.2, -0.15) is 11.8 Å². The van der Waals surface area contributed by atoms with Crippen LogP contribution in [0, 0.1) is 6.92 Å². The third-order valence-corrected chi connectivity index (χ3v) is 3.84. The predicted octanol–water partition coefficient (Wildman–Crippen LogP) is 1.02. The Hall–Kier alpha value is -1.50. The molecule has 1 saturated heterocycles. The number of carboxylic acids is 1. The average molecular weight is 270 g/mol. The minimum atomic E-state index is -0.892. The minimum absolute atomic E-state index is 0.0322. The molecule has 7 heteroatoms. The molecular formula is C11H14N2O4S. The van der Waals surface area contributed by atoms with Gasteiger partial charge < -0.3 is 14.5 Å². The maximum atomic E-state index is 12.2. The highest BCUT2D eigenvalue weighted by Crippen LogP contribution is 2.21. The first-order chi connectivity index (χ1) is 8.58. The largest absolute Gasteiger partial charge is 0.481 e. The molecule has 0 aliphatic carbocycles. The number of carbonyl (C=O) groups excluding carboxylic acids is 1. The number of amides is 1. The lowest BCUT2D eigenvalue weighted by Crippen LogP contribution is -2.47. The van der Waals surface area contributed by atoms with E-state index >= 15 is 0 Å². The summed E-state index contributed by atoms with van der Waals surface area (Å²) < 4.78 is 4.87. The Balaban J connectivity index is 2.13.